The second-order valence-corrected chi connectivity index (χ2v) is 5.22. The van der Waals surface area contributed by atoms with E-state index in [2.05, 4.69) is 6.92 Å². The molecule has 0 aromatic rings. The lowest BCUT2D eigenvalue weighted by Gasteiger charge is -2.35. The van der Waals surface area contributed by atoms with E-state index in [1.807, 2.05) is 18.7 Å². The number of ether oxygens (including phenoxy) is 1. The Bertz CT molecular complexity index is 220. The second kappa shape index (κ2) is 7.70. The van der Waals surface area contributed by atoms with Crippen LogP contribution < -0.4 is 0 Å². The Morgan fingerprint density at radius 1 is 1.12 bits per heavy atom. The van der Waals surface area contributed by atoms with Crippen molar-refractivity contribution in [3.05, 3.63) is 0 Å². The highest BCUT2D eigenvalue weighted by Gasteiger charge is 2.25. The van der Waals surface area contributed by atoms with E-state index < -0.39 is 0 Å². The third kappa shape index (κ3) is 5.53. The number of hydrogen-bond acceptors (Lipinski definition) is 2. The summed E-state index contributed by atoms with van der Waals surface area (Å²) in [7, 11) is 0. The van der Waals surface area contributed by atoms with Crippen molar-refractivity contribution in [2.24, 2.45) is 0 Å². The van der Waals surface area contributed by atoms with Crippen LogP contribution in [0.4, 0.5) is 0 Å². The number of nitrogens with zero attached hydrogens (tertiary/aromatic N) is 1. The topological polar surface area (TPSA) is 29.5 Å². The summed E-state index contributed by atoms with van der Waals surface area (Å²) in [6.07, 6.45) is 7.12. The van der Waals surface area contributed by atoms with E-state index in [0.717, 1.165) is 19.5 Å². The third-order valence-corrected chi connectivity index (χ3v) is 3.27. The smallest absolute Gasteiger partial charge is 0.222 e. The van der Waals surface area contributed by atoms with Gasteiger partial charge in [-0.25, -0.2) is 0 Å². The quantitative estimate of drug-likeness (QED) is 0.669. The van der Waals surface area contributed by atoms with Crippen molar-refractivity contribution >= 4 is 5.91 Å². The van der Waals surface area contributed by atoms with E-state index in [0.29, 0.717) is 12.3 Å². The van der Waals surface area contributed by atoms with Crippen LogP contribution in [0.1, 0.15) is 59.3 Å². The monoisotopic (exact) mass is 241 g/mol. The molecule has 1 saturated heterocycles. The molecule has 0 aromatic carbocycles. The van der Waals surface area contributed by atoms with Crippen molar-refractivity contribution < 1.29 is 9.53 Å². The van der Waals surface area contributed by atoms with E-state index in [4.69, 9.17) is 4.74 Å². The highest BCUT2D eigenvalue weighted by Crippen LogP contribution is 2.13. The minimum atomic E-state index is 0.183. The number of rotatable bonds is 6. The number of amides is 1. The molecule has 0 N–H and O–H groups in total. The molecule has 1 heterocycles. The molecule has 1 rings (SSSR count). The van der Waals surface area contributed by atoms with Crippen molar-refractivity contribution in [1.29, 1.82) is 0 Å². The van der Waals surface area contributed by atoms with Crippen molar-refractivity contribution in [3.8, 4) is 0 Å². The van der Waals surface area contributed by atoms with Crippen LogP contribution in [-0.2, 0) is 9.53 Å². The summed E-state index contributed by atoms with van der Waals surface area (Å²) in [5.74, 6) is 0.309. The number of unbranched alkanes of at least 4 members (excludes halogenated alkanes) is 4. The lowest BCUT2D eigenvalue weighted by Crippen LogP contribution is -2.48. The van der Waals surface area contributed by atoms with Gasteiger partial charge in [0.05, 0.1) is 12.2 Å². The van der Waals surface area contributed by atoms with Gasteiger partial charge >= 0.3 is 0 Å². The Morgan fingerprint density at radius 2 is 1.71 bits per heavy atom. The summed E-state index contributed by atoms with van der Waals surface area (Å²) in [6.45, 7) is 7.81. The standard InChI is InChI=1S/C14H27NO2/c1-4-5-6-7-8-9-14(16)15-10-12(2)17-13(3)11-15/h12-13H,4-11H2,1-3H3/t12-,13-/m1/s1. The van der Waals surface area contributed by atoms with Crippen LogP contribution >= 0.6 is 0 Å². The fourth-order valence-electron chi connectivity index (χ4n) is 2.42. The fraction of sp³-hybridized carbons (Fsp3) is 0.929. The van der Waals surface area contributed by atoms with Crippen molar-refractivity contribution in [1.82, 2.24) is 4.90 Å². The number of morpholine rings is 1. The highest BCUT2D eigenvalue weighted by atomic mass is 16.5. The predicted molar refractivity (Wildman–Crippen MR) is 70.0 cm³/mol. The minimum Gasteiger partial charge on any atom is -0.372 e. The Labute approximate surface area is 106 Å². The van der Waals surface area contributed by atoms with Crippen LogP contribution in [0, 0.1) is 0 Å². The van der Waals surface area contributed by atoms with Gasteiger partial charge in [-0.2, -0.15) is 0 Å². The molecule has 1 aliphatic rings. The summed E-state index contributed by atoms with van der Waals surface area (Å²) < 4.78 is 5.63. The lowest BCUT2D eigenvalue weighted by molar-refractivity contribution is -0.143. The van der Waals surface area contributed by atoms with Crippen LogP contribution in [-0.4, -0.2) is 36.1 Å². The summed E-state index contributed by atoms with van der Waals surface area (Å²) in [4.78, 5) is 14.0. The first kappa shape index (κ1) is 14.5. The first-order chi connectivity index (χ1) is 8.13. The highest BCUT2D eigenvalue weighted by molar-refractivity contribution is 5.76. The fourth-order valence-corrected chi connectivity index (χ4v) is 2.42. The Balaban J connectivity index is 2.18. The van der Waals surface area contributed by atoms with Crippen LogP contribution in [0.15, 0.2) is 0 Å². The molecule has 100 valence electrons. The van der Waals surface area contributed by atoms with E-state index in [-0.39, 0.29) is 12.2 Å². The number of carbonyl (C=O) groups is 1. The molecular weight excluding hydrogens is 214 g/mol. The maximum Gasteiger partial charge on any atom is 0.222 e. The normalized spacial score (nSPS) is 25.0. The van der Waals surface area contributed by atoms with Gasteiger partial charge in [0.2, 0.25) is 5.91 Å². The molecule has 2 atom stereocenters. The first-order valence-electron chi connectivity index (χ1n) is 7.06. The van der Waals surface area contributed by atoms with Crippen LogP contribution in [0.3, 0.4) is 0 Å². The Hall–Kier alpha value is -0.570. The molecule has 1 aliphatic heterocycles. The number of carbonyl (C=O) groups excluding carboxylic acids is 1. The largest absolute Gasteiger partial charge is 0.372 e. The van der Waals surface area contributed by atoms with E-state index >= 15 is 0 Å². The summed E-state index contributed by atoms with van der Waals surface area (Å²) in [6, 6.07) is 0. The lowest BCUT2D eigenvalue weighted by atomic mass is 10.1. The molecule has 0 unspecified atom stereocenters. The zero-order valence-electron chi connectivity index (χ0n) is 11.6. The molecular formula is C14H27NO2. The zero-order chi connectivity index (χ0) is 12.7. The van der Waals surface area contributed by atoms with Gasteiger partial charge < -0.3 is 9.64 Å². The Kier molecular flexibility index (Phi) is 6.56. The molecule has 0 bridgehead atoms. The average Bonchev–Trinajstić information content (AvgIpc) is 2.27. The van der Waals surface area contributed by atoms with E-state index in [1.54, 1.807) is 0 Å². The molecule has 17 heavy (non-hydrogen) atoms. The molecule has 3 heteroatoms. The summed E-state index contributed by atoms with van der Waals surface area (Å²) >= 11 is 0. The maximum atomic E-state index is 12.0. The van der Waals surface area contributed by atoms with E-state index in [1.165, 1.54) is 25.7 Å². The van der Waals surface area contributed by atoms with Crippen LogP contribution in [0.5, 0.6) is 0 Å². The van der Waals surface area contributed by atoms with Crippen LogP contribution in [0.25, 0.3) is 0 Å². The Morgan fingerprint density at radius 3 is 2.29 bits per heavy atom. The first-order valence-corrected chi connectivity index (χ1v) is 7.06. The minimum absolute atomic E-state index is 0.183. The molecule has 3 nitrogen and oxygen atoms in total. The molecule has 0 saturated carbocycles. The second-order valence-electron chi connectivity index (χ2n) is 5.22. The molecule has 0 radical (unpaired) electrons. The zero-order valence-corrected chi connectivity index (χ0v) is 11.6. The van der Waals surface area contributed by atoms with Crippen LogP contribution in [0.2, 0.25) is 0 Å². The van der Waals surface area contributed by atoms with Crippen molar-refractivity contribution in [2.45, 2.75) is 71.5 Å². The SMILES string of the molecule is CCCCCCCC(=O)N1C[C@@H](C)O[C@H](C)C1. The summed E-state index contributed by atoms with van der Waals surface area (Å²) in [5.41, 5.74) is 0. The summed E-state index contributed by atoms with van der Waals surface area (Å²) in [5, 5.41) is 0. The van der Waals surface area contributed by atoms with Crippen molar-refractivity contribution in [2.75, 3.05) is 13.1 Å². The number of hydrogen-bond donors (Lipinski definition) is 0. The van der Waals surface area contributed by atoms with Gasteiger partial charge in [-0.05, 0) is 20.3 Å². The molecule has 0 aliphatic carbocycles. The third-order valence-electron chi connectivity index (χ3n) is 3.27. The average molecular weight is 241 g/mol. The van der Waals surface area contributed by atoms with E-state index in [9.17, 15) is 4.79 Å². The van der Waals surface area contributed by atoms with Gasteiger partial charge in [0.1, 0.15) is 0 Å². The van der Waals surface area contributed by atoms with Gasteiger partial charge in [-0.1, -0.05) is 32.6 Å². The van der Waals surface area contributed by atoms with Gasteiger partial charge in [-0.3, -0.25) is 4.79 Å². The molecule has 0 aromatic heterocycles. The molecule has 1 fully saturated rings. The van der Waals surface area contributed by atoms with Gasteiger partial charge in [0.15, 0.2) is 0 Å². The van der Waals surface area contributed by atoms with Gasteiger partial charge in [0.25, 0.3) is 0 Å². The van der Waals surface area contributed by atoms with Gasteiger partial charge in [0, 0.05) is 19.5 Å². The molecule has 1 amide bonds. The predicted octanol–water partition coefficient (Wildman–Crippen LogP) is 2.98. The van der Waals surface area contributed by atoms with Crippen molar-refractivity contribution in [3.63, 3.8) is 0 Å². The van der Waals surface area contributed by atoms with Gasteiger partial charge in [-0.15, -0.1) is 0 Å². The molecule has 0 spiro atoms. The maximum absolute atomic E-state index is 12.0.